The molecule has 0 fully saturated rings. The van der Waals surface area contributed by atoms with E-state index in [9.17, 15) is 0 Å². The zero-order valence-corrected chi connectivity index (χ0v) is 20.0. The minimum Gasteiger partial charge on any atom is -0.496 e. The molecular formula is C35H24O. The van der Waals surface area contributed by atoms with E-state index in [1.807, 2.05) is 0 Å². The first-order valence-electron chi connectivity index (χ1n) is 12.3. The fourth-order valence-electron chi connectivity index (χ4n) is 5.67. The SMILES string of the molecule is COc1cccc2c(-c3ccc4ccccc4c3)c3ccccc3c(-c3ccc4ccccc4c3)c12. The fraction of sp³-hybridized carbons (Fsp3) is 0.0286. The quantitative estimate of drug-likeness (QED) is 0.238. The maximum absolute atomic E-state index is 5.99. The number of fused-ring (bicyclic) bond motifs is 4. The van der Waals surface area contributed by atoms with Gasteiger partial charge in [-0.1, -0.05) is 109 Å². The topological polar surface area (TPSA) is 9.23 Å². The molecule has 36 heavy (non-hydrogen) atoms. The number of methoxy groups -OCH3 is 1. The van der Waals surface area contributed by atoms with Crippen molar-refractivity contribution in [2.45, 2.75) is 0 Å². The average molecular weight is 461 g/mol. The van der Waals surface area contributed by atoms with E-state index in [2.05, 4.69) is 127 Å². The van der Waals surface area contributed by atoms with Crippen molar-refractivity contribution in [2.75, 3.05) is 7.11 Å². The van der Waals surface area contributed by atoms with Crippen molar-refractivity contribution in [2.24, 2.45) is 0 Å². The number of ether oxygens (including phenoxy) is 1. The average Bonchev–Trinajstić information content (AvgIpc) is 2.95. The van der Waals surface area contributed by atoms with Crippen LogP contribution in [0.5, 0.6) is 5.75 Å². The van der Waals surface area contributed by atoms with Gasteiger partial charge < -0.3 is 4.74 Å². The Morgan fingerprint density at radius 1 is 0.417 bits per heavy atom. The van der Waals surface area contributed by atoms with Crippen LogP contribution in [0, 0.1) is 0 Å². The number of rotatable bonds is 3. The van der Waals surface area contributed by atoms with Gasteiger partial charge in [-0.15, -0.1) is 0 Å². The third kappa shape index (κ3) is 3.17. The highest BCUT2D eigenvalue weighted by Crippen LogP contribution is 2.47. The zero-order valence-electron chi connectivity index (χ0n) is 20.0. The molecule has 1 nitrogen and oxygen atoms in total. The minimum atomic E-state index is 0.892. The summed E-state index contributed by atoms with van der Waals surface area (Å²) in [6.45, 7) is 0. The van der Waals surface area contributed by atoms with Crippen LogP contribution in [0.3, 0.4) is 0 Å². The summed E-state index contributed by atoms with van der Waals surface area (Å²) in [5.74, 6) is 0.892. The van der Waals surface area contributed by atoms with Crippen LogP contribution in [0.4, 0.5) is 0 Å². The van der Waals surface area contributed by atoms with Crippen LogP contribution in [0.15, 0.2) is 127 Å². The lowest BCUT2D eigenvalue weighted by atomic mass is 9.85. The van der Waals surface area contributed by atoms with Gasteiger partial charge in [0.25, 0.3) is 0 Å². The first-order valence-corrected chi connectivity index (χ1v) is 12.3. The Labute approximate surface area is 210 Å². The second-order valence-electron chi connectivity index (χ2n) is 9.30. The standard InChI is InChI=1S/C35H24O/c1-36-32-16-8-15-31-33(27-19-17-23-9-2-4-11-25(23)21-27)29-13-6-7-14-30(29)34(35(31)32)28-20-18-24-10-3-5-12-26(24)22-28/h2-22H,1H3. The molecule has 0 aromatic heterocycles. The fourth-order valence-corrected chi connectivity index (χ4v) is 5.67. The van der Waals surface area contributed by atoms with Gasteiger partial charge in [0.1, 0.15) is 5.75 Å². The van der Waals surface area contributed by atoms with Gasteiger partial charge >= 0.3 is 0 Å². The molecule has 0 radical (unpaired) electrons. The Bertz CT molecular complexity index is 1930. The zero-order chi connectivity index (χ0) is 24.1. The lowest BCUT2D eigenvalue weighted by Crippen LogP contribution is -1.94. The Morgan fingerprint density at radius 2 is 0.917 bits per heavy atom. The summed E-state index contributed by atoms with van der Waals surface area (Å²) in [5, 5.41) is 9.80. The van der Waals surface area contributed by atoms with Crippen LogP contribution in [-0.4, -0.2) is 7.11 Å². The van der Waals surface area contributed by atoms with Crippen molar-refractivity contribution in [1.29, 1.82) is 0 Å². The van der Waals surface area contributed by atoms with Gasteiger partial charge in [-0.2, -0.15) is 0 Å². The van der Waals surface area contributed by atoms with Crippen LogP contribution >= 0.6 is 0 Å². The lowest BCUT2D eigenvalue weighted by Gasteiger charge is -2.20. The van der Waals surface area contributed by atoms with Crippen LogP contribution in [-0.2, 0) is 0 Å². The summed E-state index contributed by atoms with van der Waals surface area (Å²) in [4.78, 5) is 0. The first kappa shape index (κ1) is 20.7. The number of hydrogen-bond acceptors (Lipinski definition) is 1. The summed E-state index contributed by atoms with van der Waals surface area (Å²) in [6, 6.07) is 45.8. The van der Waals surface area contributed by atoms with Crippen molar-refractivity contribution in [1.82, 2.24) is 0 Å². The summed E-state index contributed by atoms with van der Waals surface area (Å²) in [7, 11) is 1.77. The molecular weight excluding hydrogens is 436 g/mol. The van der Waals surface area contributed by atoms with Crippen LogP contribution < -0.4 is 4.74 Å². The van der Waals surface area contributed by atoms with E-state index in [0.717, 1.165) is 11.1 Å². The van der Waals surface area contributed by atoms with Crippen LogP contribution in [0.2, 0.25) is 0 Å². The molecule has 0 N–H and O–H groups in total. The molecule has 0 atom stereocenters. The predicted molar refractivity (Wildman–Crippen MR) is 154 cm³/mol. The van der Waals surface area contributed by atoms with Crippen LogP contribution in [0.25, 0.3) is 65.3 Å². The van der Waals surface area contributed by atoms with Gasteiger partial charge in [0, 0.05) is 10.9 Å². The molecule has 0 aliphatic rings. The molecule has 0 spiro atoms. The Morgan fingerprint density at radius 3 is 1.53 bits per heavy atom. The Hall–Kier alpha value is -4.62. The molecule has 170 valence electrons. The van der Waals surface area contributed by atoms with E-state index in [4.69, 9.17) is 4.74 Å². The highest BCUT2D eigenvalue weighted by atomic mass is 16.5. The Balaban J connectivity index is 1.65. The normalized spacial score (nSPS) is 11.5. The van der Waals surface area contributed by atoms with Gasteiger partial charge in [-0.25, -0.2) is 0 Å². The van der Waals surface area contributed by atoms with E-state index >= 15 is 0 Å². The van der Waals surface area contributed by atoms with Crippen molar-refractivity contribution in [3.63, 3.8) is 0 Å². The van der Waals surface area contributed by atoms with Gasteiger partial charge in [0.2, 0.25) is 0 Å². The summed E-state index contributed by atoms with van der Waals surface area (Å²) in [5.41, 5.74) is 4.88. The lowest BCUT2D eigenvalue weighted by molar-refractivity contribution is 0.420. The second-order valence-corrected chi connectivity index (χ2v) is 9.30. The Kier molecular flexibility index (Phi) is 4.75. The van der Waals surface area contributed by atoms with E-state index in [1.54, 1.807) is 7.11 Å². The maximum Gasteiger partial charge on any atom is 0.127 e. The molecule has 0 aliphatic heterocycles. The number of benzene rings is 7. The largest absolute Gasteiger partial charge is 0.496 e. The predicted octanol–water partition coefficient (Wildman–Crippen LogP) is 9.64. The maximum atomic E-state index is 5.99. The van der Waals surface area contributed by atoms with E-state index in [-0.39, 0.29) is 0 Å². The van der Waals surface area contributed by atoms with Gasteiger partial charge in [0.05, 0.1) is 7.11 Å². The molecule has 0 saturated heterocycles. The molecule has 0 aliphatic carbocycles. The molecule has 0 heterocycles. The van der Waals surface area contributed by atoms with Crippen molar-refractivity contribution < 1.29 is 4.74 Å². The van der Waals surface area contributed by atoms with Gasteiger partial charge in [-0.3, -0.25) is 0 Å². The van der Waals surface area contributed by atoms with E-state index in [1.165, 1.54) is 60.0 Å². The van der Waals surface area contributed by atoms with E-state index < -0.39 is 0 Å². The molecule has 7 aromatic carbocycles. The summed E-state index contributed by atoms with van der Waals surface area (Å²) < 4.78 is 5.99. The molecule has 0 bridgehead atoms. The summed E-state index contributed by atoms with van der Waals surface area (Å²) >= 11 is 0. The van der Waals surface area contributed by atoms with Crippen LogP contribution in [0.1, 0.15) is 0 Å². The number of hydrogen-bond donors (Lipinski definition) is 0. The monoisotopic (exact) mass is 460 g/mol. The van der Waals surface area contributed by atoms with Crippen molar-refractivity contribution in [3.8, 4) is 28.0 Å². The van der Waals surface area contributed by atoms with Crippen molar-refractivity contribution in [3.05, 3.63) is 127 Å². The third-order valence-corrected chi connectivity index (χ3v) is 7.31. The molecule has 0 unspecified atom stereocenters. The molecule has 0 amide bonds. The highest BCUT2D eigenvalue weighted by molar-refractivity contribution is 6.23. The van der Waals surface area contributed by atoms with Gasteiger partial charge in [0.15, 0.2) is 0 Å². The minimum absolute atomic E-state index is 0.892. The molecule has 7 rings (SSSR count). The smallest absolute Gasteiger partial charge is 0.127 e. The third-order valence-electron chi connectivity index (χ3n) is 7.31. The summed E-state index contributed by atoms with van der Waals surface area (Å²) in [6.07, 6.45) is 0. The van der Waals surface area contributed by atoms with Gasteiger partial charge in [-0.05, 0) is 72.6 Å². The first-order chi connectivity index (χ1) is 17.8. The van der Waals surface area contributed by atoms with E-state index in [0.29, 0.717) is 0 Å². The van der Waals surface area contributed by atoms with Crippen molar-refractivity contribution >= 4 is 43.1 Å². The molecule has 7 aromatic rings. The molecule has 1 heteroatoms. The highest BCUT2D eigenvalue weighted by Gasteiger charge is 2.19. The molecule has 0 saturated carbocycles. The second kappa shape index (κ2) is 8.25.